The maximum absolute atomic E-state index is 12.2. The Kier molecular flexibility index (Phi) is 4.46. The molecule has 19 heavy (non-hydrogen) atoms. The van der Waals surface area contributed by atoms with Gasteiger partial charge in [-0.25, -0.2) is 8.42 Å². The van der Waals surface area contributed by atoms with Crippen molar-refractivity contribution in [3.63, 3.8) is 0 Å². The molecule has 0 unspecified atom stereocenters. The fourth-order valence-electron chi connectivity index (χ4n) is 1.40. The average molecular weight is 350 g/mol. The minimum atomic E-state index is -3.64. The Labute approximate surface area is 119 Å². The van der Waals surface area contributed by atoms with Crippen molar-refractivity contribution in [2.45, 2.75) is 17.5 Å². The molecule has 1 aromatic carbocycles. The monoisotopic (exact) mass is 349 g/mol. The Morgan fingerprint density at radius 2 is 1.84 bits per heavy atom. The number of halogens is 1. The van der Waals surface area contributed by atoms with Crippen LogP contribution in [-0.2, 0) is 9.84 Å². The zero-order valence-corrected chi connectivity index (χ0v) is 12.7. The molecular weight excluding hydrogens is 338 g/mol. The quantitative estimate of drug-likeness (QED) is 0.352. The second-order valence-electron chi connectivity index (χ2n) is 3.95. The fourth-order valence-corrected chi connectivity index (χ4v) is 3.26. The number of non-ortho nitro benzene ring substituents is 1. The summed E-state index contributed by atoms with van der Waals surface area (Å²) in [7, 11) is -3.64. The van der Waals surface area contributed by atoms with Crippen LogP contribution in [0.4, 0.5) is 5.69 Å². The van der Waals surface area contributed by atoms with Gasteiger partial charge < -0.3 is 0 Å². The van der Waals surface area contributed by atoms with Gasteiger partial charge in [0.05, 0.1) is 4.92 Å². The average Bonchev–Trinajstić information content (AvgIpc) is 2.37. The summed E-state index contributed by atoms with van der Waals surface area (Å²) in [5.74, 6) is -0.836. The van der Waals surface area contributed by atoms with E-state index in [0.717, 1.165) is 12.1 Å². The molecule has 0 aliphatic heterocycles. The van der Waals surface area contributed by atoms with Crippen molar-refractivity contribution in [3.8, 4) is 0 Å². The van der Waals surface area contributed by atoms with E-state index in [4.69, 9.17) is 0 Å². The van der Waals surface area contributed by atoms with Crippen LogP contribution >= 0.6 is 15.9 Å². The minimum Gasteiger partial charge on any atom is -0.291 e. The molecule has 0 bridgehead atoms. The topological polar surface area (TPSA) is 94.3 Å². The summed E-state index contributed by atoms with van der Waals surface area (Å²) < 4.78 is 21.9. The summed E-state index contributed by atoms with van der Waals surface area (Å²) in [6.07, 6.45) is 0. The molecule has 0 N–H and O–H groups in total. The van der Waals surface area contributed by atoms with Gasteiger partial charge in [0, 0.05) is 23.4 Å². The predicted octanol–water partition coefficient (Wildman–Crippen LogP) is 2.32. The molecule has 1 rings (SSSR count). The van der Waals surface area contributed by atoms with E-state index in [1.54, 1.807) is 0 Å². The van der Waals surface area contributed by atoms with Crippen molar-refractivity contribution < 1.29 is 18.1 Å². The largest absolute Gasteiger partial charge is 0.291 e. The lowest BCUT2D eigenvalue weighted by Crippen LogP contribution is -2.38. The van der Waals surface area contributed by atoms with Crippen LogP contribution in [0.3, 0.4) is 0 Å². The lowest BCUT2D eigenvalue weighted by atomic mass is 10.1. The Bertz CT molecular complexity index is 606. The highest BCUT2D eigenvalue weighted by atomic mass is 79.9. The van der Waals surface area contributed by atoms with Crippen molar-refractivity contribution in [3.05, 3.63) is 39.9 Å². The number of Topliss-reactive ketones (excluding diaryl/α,β-unsaturated/α-hetero) is 1. The molecule has 0 spiro atoms. The van der Waals surface area contributed by atoms with Gasteiger partial charge in [-0.1, -0.05) is 22.9 Å². The molecule has 1 aromatic rings. The van der Waals surface area contributed by atoms with E-state index in [0.29, 0.717) is 0 Å². The van der Waals surface area contributed by atoms with Gasteiger partial charge in [-0.2, -0.15) is 0 Å². The molecule has 1 atom stereocenters. The summed E-state index contributed by atoms with van der Waals surface area (Å²) in [6, 6.07) is 4.81. The van der Waals surface area contributed by atoms with Crippen molar-refractivity contribution in [2.24, 2.45) is 0 Å². The van der Waals surface area contributed by atoms with Crippen LogP contribution in [0.15, 0.2) is 24.3 Å². The first-order valence-electron chi connectivity index (χ1n) is 5.34. The fraction of sp³-hybridized carbons (Fsp3) is 0.364. The molecule has 0 saturated heterocycles. The molecular formula is C11H12BrNO5S. The number of hydrogen-bond acceptors (Lipinski definition) is 5. The van der Waals surface area contributed by atoms with E-state index in [2.05, 4.69) is 15.9 Å². The number of sulfone groups is 1. The maximum Gasteiger partial charge on any atom is 0.269 e. The zero-order chi connectivity index (χ0) is 14.8. The van der Waals surface area contributed by atoms with Gasteiger partial charge in [0.15, 0.2) is 19.3 Å². The van der Waals surface area contributed by atoms with Crippen LogP contribution in [-0.4, -0.2) is 28.5 Å². The lowest BCUT2D eigenvalue weighted by molar-refractivity contribution is -0.384. The molecule has 0 heterocycles. The van der Waals surface area contributed by atoms with Gasteiger partial charge in [-0.15, -0.1) is 0 Å². The number of nitro groups is 1. The first kappa shape index (κ1) is 15.8. The van der Waals surface area contributed by atoms with Crippen LogP contribution in [0.25, 0.3) is 0 Å². The van der Waals surface area contributed by atoms with Crippen LogP contribution in [0.5, 0.6) is 0 Å². The third-order valence-corrected chi connectivity index (χ3v) is 6.66. The van der Waals surface area contributed by atoms with Crippen LogP contribution < -0.4 is 0 Å². The highest BCUT2D eigenvalue weighted by Gasteiger charge is 2.42. The summed E-state index contributed by atoms with van der Waals surface area (Å²) in [6.45, 7) is 2.70. The molecule has 0 aliphatic carbocycles. The maximum atomic E-state index is 12.2. The second-order valence-corrected chi connectivity index (χ2v) is 8.69. The number of alkyl halides is 1. The first-order chi connectivity index (χ1) is 8.63. The van der Waals surface area contributed by atoms with Gasteiger partial charge >= 0.3 is 0 Å². The van der Waals surface area contributed by atoms with Gasteiger partial charge in [0.25, 0.3) is 5.69 Å². The third-order valence-electron chi connectivity index (χ3n) is 2.71. The van der Waals surface area contributed by atoms with Crippen molar-refractivity contribution in [1.29, 1.82) is 0 Å². The van der Waals surface area contributed by atoms with Crippen LogP contribution in [0.1, 0.15) is 24.2 Å². The van der Waals surface area contributed by atoms with Gasteiger partial charge in [-0.05, 0) is 19.1 Å². The number of rotatable bonds is 5. The zero-order valence-electron chi connectivity index (χ0n) is 10.3. The van der Waals surface area contributed by atoms with E-state index < -0.39 is 24.2 Å². The highest BCUT2D eigenvalue weighted by Crippen LogP contribution is 2.30. The number of benzene rings is 1. The second kappa shape index (κ2) is 5.38. The van der Waals surface area contributed by atoms with Gasteiger partial charge in [0.2, 0.25) is 0 Å². The van der Waals surface area contributed by atoms with E-state index in [-0.39, 0.29) is 17.0 Å². The van der Waals surface area contributed by atoms with Crippen molar-refractivity contribution in [2.75, 3.05) is 5.75 Å². The molecule has 0 amide bonds. The van der Waals surface area contributed by atoms with E-state index in [1.165, 1.54) is 26.0 Å². The molecule has 0 aromatic heterocycles. The molecule has 6 nitrogen and oxygen atoms in total. The number of nitrogens with zero attached hydrogens (tertiary/aromatic N) is 1. The SMILES string of the molecule is CCS(=O)(=O)[C@](C)(Br)C(=O)c1ccc([N+](=O)[O-])cc1. The smallest absolute Gasteiger partial charge is 0.269 e. The molecule has 0 radical (unpaired) electrons. The van der Waals surface area contributed by atoms with Crippen LogP contribution in [0.2, 0.25) is 0 Å². The van der Waals surface area contributed by atoms with Crippen molar-refractivity contribution in [1.82, 2.24) is 0 Å². The number of hydrogen-bond donors (Lipinski definition) is 0. The molecule has 0 aliphatic rings. The lowest BCUT2D eigenvalue weighted by Gasteiger charge is -2.20. The highest BCUT2D eigenvalue weighted by molar-refractivity contribution is 9.12. The Morgan fingerprint density at radius 1 is 1.37 bits per heavy atom. The summed E-state index contributed by atoms with van der Waals surface area (Å²) in [5, 5.41) is 10.5. The standard InChI is InChI=1S/C11H12BrNO5S/c1-3-19(17,18)11(2,12)10(14)8-4-6-9(7-5-8)13(15)16/h4-7H,3H2,1-2H3/t11-/m0/s1. The molecule has 8 heteroatoms. The number of ketones is 1. The molecule has 0 fully saturated rings. The summed E-state index contributed by atoms with van der Waals surface area (Å²) >= 11 is 2.94. The Hall–Kier alpha value is -1.28. The van der Waals surface area contributed by atoms with E-state index >= 15 is 0 Å². The van der Waals surface area contributed by atoms with Gasteiger partial charge in [0.1, 0.15) is 0 Å². The first-order valence-corrected chi connectivity index (χ1v) is 7.78. The number of carbonyl (C=O) groups excluding carboxylic acids is 1. The third kappa shape index (κ3) is 3.01. The van der Waals surface area contributed by atoms with Crippen LogP contribution in [0, 0.1) is 10.1 Å². The number of carbonyl (C=O) groups is 1. The van der Waals surface area contributed by atoms with E-state index in [1.807, 2.05) is 0 Å². The normalized spacial score (nSPS) is 14.7. The summed E-state index contributed by atoms with van der Waals surface area (Å²) in [5.41, 5.74) is -0.0619. The Morgan fingerprint density at radius 3 is 2.21 bits per heavy atom. The predicted molar refractivity (Wildman–Crippen MR) is 74.2 cm³/mol. The van der Waals surface area contributed by atoms with Gasteiger partial charge in [-0.3, -0.25) is 14.9 Å². The van der Waals surface area contributed by atoms with E-state index in [9.17, 15) is 23.3 Å². The molecule has 104 valence electrons. The Balaban J connectivity index is 3.17. The molecule has 0 saturated carbocycles. The minimum absolute atomic E-state index is 0.0991. The van der Waals surface area contributed by atoms with Crippen molar-refractivity contribution >= 4 is 37.2 Å². The number of nitro benzene ring substituents is 1. The summed E-state index contributed by atoms with van der Waals surface area (Å²) in [4.78, 5) is 22.1.